The third kappa shape index (κ3) is 3.49. The number of nitrogens with one attached hydrogen (secondary N) is 1. The molecule has 0 fully saturated rings. The Hall–Kier alpha value is -2.02. The number of hydrogen-bond acceptors (Lipinski definition) is 3. The van der Waals surface area contributed by atoms with Crippen LogP contribution in [0.4, 0.5) is 5.69 Å². The van der Waals surface area contributed by atoms with E-state index in [1.165, 1.54) is 0 Å². The fourth-order valence-corrected chi connectivity index (χ4v) is 1.36. The van der Waals surface area contributed by atoms with Crippen molar-refractivity contribution in [2.75, 3.05) is 25.5 Å². The van der Waals surface area contributed by atoms with Gasteiger partial charge in [-0.15, -0.1) is 0 Å². The van der Waals surface area contributed by atoms with E-state index in [1.807, 2.05) is 19.9 Å². The molecule has 0 bridgehead atoms. The zero-order valence-corrected chi connectivity index (χ0v) is 10.4. The number of amides is 1. The molecule has 0 atom stereocenters. The molecule has 0 aliphatic carbocycles. The largest absolute Gasteiger partial charge is 0.376 e. The van der Waals surface area contributed by atoms with Gasteiger partial charge >= 0.3 is 0 Å². The van der Waals surface area contributed by atoms with Gasteiger partial charge in [-0.3, -0.25) is 4.79 Å². The number of benzene rings is 1. The third-order valence-electron chi connectivity index (χ3n) is 2.70. The summed E-state index contributed by atoms with van der Waals surface area (Å²) in [5.41, 5.74) is 2.45. The summed E-state index contributed by atoms with van der Waals surface area (Å²) in [6.07, 6.45) is 0. The molecular formula is C13H17N3O. The Morgan fingerprint density at radius 2 is 2.24 bits per heavy atom. The Kier molecular flexibility index (Phi) is 4.53. The molecule has 0 aliphatic heterocycles. The molecule has 0 saturated carbocycles. The summed E-state index contributed by atoms with van der Waals surface area (Å²) in [4.78, 5) is 13.3. The number of hydrogen-bond donors (Lipinski definition) is 1. The van der Waals surface area contributed by atoms with E-state index in [1.54, 1.807) is 24.1 Å². The molecule has 1 aromatic carbocycles. The van der Waals surface area contributed by atoms with Crippen molar-refractivity contribution in [1.29, 1.82) is 5.26 Å². The molecule has 0 heterocycles. The Morgan fingerprint density at radius 3 is 2.82 bits per heavy atom. The summed E-state index contributed by atoms with van der Waals surface area (Å²) in [7, 11) is 1.77. The molecule has 17 heavy (non-hydrogen) atoms. The number of carbonyl (C=O) groups excluding carboxylic acids is 1. The summed E-state index contributed by atoms with van der Waals surface area (Å²) in [6.45, 7) is 4.81. The summed E-state index contributed by atoms with van der Waals surface area (Å²) in [5.74, 6) is 0.0364. The topological polar surface area (TPSA) is 56.1 Å². The van der Waals surface area contributed by atoms with Gasteiger partial charge in [-0.05, 0) is 31.5 Å². The van der Waals surface area contributed by atoms with Gasteiger partial charge in [0.15, 0.2) is 0 Å². The molecule has 0 unspecified atom stereocenters. The van der Waals surface area contributed by atoms with Crippen molar-refractivity contribution in [3.05, 3.63) is 29.3 Å². The molecule has 1 amide bonds. The predicted octanol–water partition coefficient (Wildman–Crippen LogP) is 1.76. The molecule has 90 valence electrons. The van der Waals surface area contributed by atoms with Crippen LogP contribution in [0, 0.1) is 18.3 Å². The maximum atomic E-state index is 11.6. The van der Waals surface area contributed by atoms with Crippen molar-refractivity contribution in [2.24, 2.45) is 0 Å². The first-order valence-corrected chi connectivity index (χ1v) is 5.57. The highest BCUT2D eigenvalue weighted by Gasteiger charge is 2.07. The lowest BCUT2D eigenvalue weighted by molar-refractivity contribution is -0.127. The predicted molar refractivity (Wildman–Crippen MR) is 67.7 cm³/mol. The second-order valence-corrected chi connectivity index (χ2v) is 3.90. The summed E-state index contributed by atoms with van der Waals surface area (Å²) >= 11 is 0. The van der Waals surface area contributed by atoms with Crippen molar-refractivity contribution in [1.82, 2.24) is 4.90 Å². The first-order valence-electron chi connectivity index (χ1n) is 5.57. The van der Waals surface area contributed by atoms with Gasteiger partial charge < -0.3 is 10.2 Å². The highest BCUT2D eigenvalue weighted by Crippen LogP contribution is 2.16. The van der Waals surface area contributed by atoms with Gasteiger partial charge in [-0.2, -0.15) is 5.26 Å². The third-order valence-corrected chi connectivity index (χ3v) is 2.70. The fourth-order valence-electron chi connectivity index (χ4n) is 1.36. The average molecular weight is 231 g/mol. The van der Waals surface area contributed by atoms with Crippen LogP contribution in [0.5, 0.6) is 0 Å². The second kappa shape index (κ2) is 5.90. The molecule has 0 aromatic heterocycles. The molecular weight excluding hydrogens is 214 g/mol. The number of likely N-dealkylation sites (N-methyl/N-ethyl adjacent to an activating group) is 1. The molecule has 1 aromatic rings. The smallest absolute Gasteiger partial charge is 0.241 e. The summed E-state index contributed by atoms with van der Waals surface area (Å²) < 4.78 is 0. The Morgan fingerprint density at radius 1 is 1.53 bits per heavy atom. The van der Waals surface area contributed by atoms with Gasteiger partial charge in [0.25, 0.3) is 0 Å². The van der Waals surface area contributed by atoms with Crippen molar-refractivity contribution in [3.63, 3.8) is 0 Å². The lowest BCUT2D eigenvalue weighted by Gasteiger charge is -2.16. The number of rotatable bonds is 4. The fraction of sp³-hybridized carbons (Fsp3) is 0.385. The highest BCUT2D eigenvalue weighted by atomic mass is 16.2. The number of carbonyl (C=O) groups is 1. The Bertz CT molecular complexity index is 448. The van der Waals surface area contributed by atoms with E-state index >= 15 is 0 Å². The van der Waals surface area contributed by atoms with Crippen LogP contribution in [0.2, 0.25) is 0 Å². The summed E-state index contributed by atoms with van der Waals surface area (Å²) in [5, 5.41) is 11.9. The van der Waals surface area contributed by atoms with Crippen molar-refractivity contribution in [3.8, 4) is 6.07 Å². The molecule has 1 N–H and O–H groups in total. The molecule has 0 radical (unpaired) electrons. The van der Waals surface area contributed by atoms with E-state index in [0.29, 0.717) is 12.1 Å². The van der Waals surface area contributed by atoms with E-state index < -0.39 is 0 Å². The first-order chi connectivity index (χ1) is 8.08. The molecule has 0 aliphatic rings. The van der Waals surface area contributed by atoms with E-state index in [4.69, 9.17) is 5.26 Å². The zero-order valence-electron chi connectivity index (χ0n) is 10.4. The quantitative estimate of drug-likeness (QED) is 0.859. The number of nitrogens with zero attached hydrogens (tertiary/aromatic N) is 2. The van der Waals surface area contributed by atoms with E-state index in [9.17, 15) is 4.79 Å². The Labute approximate surface area is 102 Å². The minimum Gasteiger partial charge on any atom is -0.376 e. The van der Waals surface area contributed by atoms with Gasteiger partial charge in [0, 0.05) is 19.3 Å². The van der Waals surface area contributed by atoms with Crippen LogP contribution in [0.25, 0.3) is 0 Å². The zero-order chi connectivity index (χ0) is 12.8. The lowest BCUT2D eigenvalue weighted by Crippen LogP contribution is -2.32. The van der Waals surface area contributed by atoms with Crippen molar-refractivity contribution < 1.29 is 4.79 Å². The van der Waals surface area contributed by atoms with Gasteiger partial charge in [0.05, 0.1) is 18.2 Å². The minimum absolute atomic E-state index is 0.0364. The minimum atomic E-state index is 0.0364. The molecule has 0 saturated heterocycles. The standard InChI is InChI=1S/C13H17N3O/c1-4-16(3)13(17)9-15-12-7-11(8-14)6-5-10(12)2/h5-7,15H,4,9H2,1-3H3. The van der Waals surface area contributed by atoms with E-state index in [2.05, 4.69) is 11.4 Å². The van der Waals surface area contributed by atoms with E-state index in [-0.39, 0.29) is 12.5 Å². The lowest BCUT2D eigenvalue weighted by atomic mass is 10.1. The van der Waals surface area contributed by atoms with Gasteiger partial charge in [-0.1, -0.05) is 6.07 Å². The van der Waals surface area contributed by atoms with Crippen LogP contribution in [0.3, 0.4) is 0 Å². The number of nitriles is 1. The summed E-state index contributed by atoms with van der Waals surface area (Å²) in [6, 6.07) is 7.47. The van der Waals surface area contributed by atoms with Gasteiger partial charge in [-0.25, -0.2) is 0 Å². The van der Waals surface area contributed by atoms with Crippen LogP contribution in [0.15, 0.2) is 18.2 Å². The maximum absolute atomic E-state index is 11.6. The molecule has 0 spiro atoms. The van der Waals surface area contributed by atoms with Crippen LogP contribution in [-0.4, -0.2) is 30.9 Å². The first kappa shape index (κ1) is 13.0. The van der Waals surface area contributed by atoms with Crippen LogP contribution in [0.1, 0.15) is 18.1 Å². The van der Waals surface area contributed by atoms with Gasteiger partial charge in [0.2, 0.25) is 5.91 Å². The van der Waals surface area contributed by atoms with E-state index in [0.717, 1.165) is 11.3 Å². The molecule has 4 nitrogen and oxygen atoms in total. The average Bonchev–Trinajstić information content (AvgIpc) is 2.36. The Balaban J connectivity index is 2.69. The van der Waals surface area contributed by atoms with Crippen molar-refractivity contribution >= 4 is 11.6 Å². The SMILES string of the molecule is CCN(C)C(=O)CNc1cc(C#N)ccc1C. The molecule has 4 heteroatoms. The number of aryl methyl sites for hydroxylation is 1. The normalized spacial score (nSPS) is 9.53. The van der Waals surface area contributed by atoms with Crippen molar-refractivity contribution in [2.45, 2.75) is 13.8 Å². The second-order valence-electron chi connectivity index (χ2n) is 3.90. The highest BCUT2D eigenvalue weighted by molar-refractivity contribution is 5.80. The maximum Gasteiger partial charge on any atom is 0.241 e. The number of anilines is 1. The van der Waals surface area contributed by atoms with Crippen LogP contribution >= 0.6 is 0 Å². The van der Waals surface area contributed by atoms with Crippen LogP contribution in [-0.2, 0) is 4.79 Å². The van der Waals surface area contributed by atoms with Gasteiger partial charge in [0.1, 0.15) is 0 Å². The molecule has 1 rings (SSSR count). The van der Waals surface area contributed by atoms with Crippen LogP contribution < -0.4 is 5.32 Å². The monoisotopic (exact) mass is 231 g/mol.